The van der Waals surface area contributed by atoms with E-state index in [1.165, 1.54) is 0 Å². The van der Waals surface area contributed by atoms with Crippen LogP contribution in [0.25, 0.3) is 0 Å². The van der Waals surface area contributed by atoms with Crippen molar-refractivity contribution < 1.29 is 19.1 Å². The van der Waals surface area contributed by atoms with E-state index < -0.39 is 11.8 Å². The fourth-order valence-electron chi connectivity index (χ4n) is 2.25. The molecule has 2 aromatic rings. The quantitative estimate of drug-likeness (QED) is 0.339. The van der Waals surface area contributed by atoms with Crippen molar-refractivity contribution in [2.24, 2.45) is 5.92 Å². The minimum atomic E-state index is -0.460. The van der Waals surface area contributed by atoms with Gasteiger partial charge in [0.2, 0.25) is 0 Å². The molecule has 2 rings (SSSR count). The first-order valence-corrected chi connectivity index (χ1v) is 11.4. The number of thiocarbonyl (C=S) groups is 1. The fraction of sp³-hybridized carbons (Fsp3) is 0.286. The standard InChI is InChI=1S/C21H23Br2N3O4S/c1-12(2)10-29-18-7-5-14(9-16(18)23)20(28)24-21(31)26-25-19(27)11-30-17-6-4-13(3)8-15(17)22/h4-9,12H,10-11H2,1-3H3,(H,25,27)(H2,24,26,28,31). The lowest BCUT2D eigenvalue weighted by molar-refractivity contribution is -0.123. The normalized spacial score (nSPS) is 10.4. The van der Waals surface area contributed by atoms with E-state index in [1.54, 1.807) is 24.3 Å². The number of carbonyl (C=O) groups is 2. The van der Waals surface area contributed by atoms with Crippen LogP contribution in [0.3, 0.4) is 0 Å². The topological polar surface area (TPSA) is 88.7 Å². The van der Waals surface area contributed by atoms with Crippen LogP contribution in [0.5, 0.6) is 11.5 Å². The summed E-state index contributed by atoms with van der Waals surface area (Å²) in [6, 6.07) is 10.5. The number of carbonyl (C=O) groups excluding carboxylic acids is 2. The van der Waals surface area contributed by atoms with Gasteiger partial charge >= 0.3 is 0 Å². The van der Waals surface area contributed by atoms with Crippen molar-refractivity contribution in [1.29, 1.82) is 0 Å². The van der Waals surface area contributed by atoms with Gasteiger partial charge in [0, 0.05) is 5.56 Å². The summed E-state index contributed by atoms with van der Waals surface area (Å²) in [5.41, 5.74) is 6.29. The predicted octanol–water partition coefficient (Wildman–Crippen LogP) is 4.27. The Morgan fingerprint density at radius 1 is 1.00 bits per heavy atom. The van der Waals surface area contributed by atoms with Gasteiger partial charge in [0.05, 0.1) is 15.6 Å². The Morgan fingerprint density at radius 2 is 1.65 bits per heavy atom. The summed E-state index contributed by atoms with van der Waals surface area (Å²) in [4.78, 5) is 24.3. The monoisotopic (exact) mass is 571 g/mol. The highest BCUT2D eigenvalue weighted by Gasteiger charge is 2.12. The Balaban J connectivity index is 1.79. The van der Waals surface area contributed by atoms with Gasteiger partial charge in [-0.3, -0.25) is 25.8 Å². The van der Waals surface area contributed by atoms with Crippen LogP contribution in [0.4, 0.5) is 0 Å². The van der Waals surface area contributed by atoms with Crippen molar-refractivity contribution in [3.05, 3.63) is 56.5 Å². The lowest BCUT2D eigenvalue weighted by Gasteiger charge is -2.13. The number of hydrogen-bond donors (Lipinski definition) is 3. The fourth-order valence-corrected chi connectivity index (χ4v) is 3.50. The summed E-state index contributed by atoms with van der Waals surface area (Å²) in [5, 5.41) is 2.44. The molecule has 0 aromatic heterocycles. The maximum atomic E-state index is 12.4. The van der Waals surface area contributed by atoms with Crippen LogP contribution in [-0.4, -0.2) is 30.1 Å². The zero-order chi connectivity index (χ0) is 23.0. The number of hydrogen-bond acceptors (Lipinski definition) is 5. The number of benzene rings is 2. The smallest absolute Gasteiger partial charge is 0.276 e. The number of ether oxygens (including phenoxy) is 2. The maximum absolute atomic E-state index is 12.4. The summed E-state index contributed by atoms with van der Waals surface area (Å²) < 4.78 is 12.5. The molecular weight excluding hydrogens is 550 g/mol. The van der Waals surface area contributed by atoms with Crippen molar-refractivity contribution in [1.82, 2.24) is 16.2 Å². The molecule has 7 nitrogen and oxygen atoms in total. The molecule has 0 aliphatic carbocycles. The van der Waals surface area contributed by atoms with Crippen LogP contribution in [0.2, 0.25) is 0 Å². The average molecular weight is 573 g/mol. The molecule has 2 amide bonds. The highest BCUT2D eigenvalue weighted by Crippen LogP contribution is 2.27. The van der Waals surface area contributed by atoms with Crippen molar-refractivity contribution in [2.45, 2.75) is 20.8 Å². The van der Waals surface area contributed by atoms with Crippen LogP contribution < -0.4 is 25.6 Å². The Bertz CT molecular complexity index is 970. The summed E-state index contributed by atoms with van der Waals surface area (Å²) in [6.07, 6.45) is 0. The highest BCUT2D eigenvalue weighted by molar-refractivity contribution is 9.10. The van der Waals surface area contributed by atoms with E-state index in [4.69, 9.17) is 21.7 Å². The van der Waals surface area contributed by atoms with E-state index in [9.17, 15) is 9.59 Å². The van der Waals surface area contributed by atoms with Gasteiger partial charge in [-0.2, -0.15) is 0 Å². The van der Waals surface area contributed by atoms with Crippen LogP contribution in [0, 0.1) is 12.8 Å². The van der Waals surface area contributed by atoms with Crippen LogP contribution in [0.15, 0.2) is 45.3 Å². The van der Waals surface area contributed by atoms with Gasteiger partial charge in [-0.15, -0.1) is 0 Å². The molecule has 0 saturated carbocycles. The Kier molecular flexibility index (Phi) is 9.73. The zero-order valence-electron chi connectivity index (χ0n) is 17.3. The minimum absolute atomic E-state index is 0.0499. The first-order chi connectivity index (χ1) is 14.7. The number of rotatable bonds is 7. The van der Waals surface area contributed by atoms with Gasteiger partial charge < -0.3 is 9.47 Å². The van der Waals surface area contributed by atoms with Crippen LogP contribution in [0.1, 0.15) is 29.8 Å². The molecule has 0 saturated heterocycles. The molecule has 166 valence electrons. The lowest BCUT2D eigenvalue weighted by Crippen LogP contribution is -2.49. The van der Waals surface area contributed by atoms with Gasteiger partial charge in [-0.05, 0) is 92.8 Å². The first-order valence-electron chi connectivity index (χ1n) is 9.37. The SMILES string of the molecule is Cc1ccc(OCC(=O)NNC(=S)NC(=O)c2ccc(OCC(C)C)c(Br)c2)c(Br)c1. The molecule has 2 aromatic carbocycles. The highest BCUT2D eigenvalue weighted by atomic mass is 79.9. The maximum Gasteiger partial charge on any atom is 0.276 e. The van der Waals surface area contributed by atoms with E-state index in [-0.39, 0.29) is 11.7 Å². The summed E-state index contributed by atoms with van der Waals surface area (Å²) in [5.74, 6) is 0.694. The van der Waals surface area contributed by atoms with E-state index >= 15 is 0 Å². The zero-order valence-corrected chi connectivity index (χ0v) is 21.2. The molecule has 0 radical (unpaired) electrons. The van der Waals surface area contributed by atoms with Gasteiger partial charge in [0.25, 0.3) is 11.8 Å². The molecule has 0 spiro atoms. The summed E-state index contributed by atoms with van der Waals surface area (Å²) in [6.45, 7) is 6.40. The molecule has 3 N–H and O–H groups in total. The van der Waals surface area contributed by atoms with E-state index in [0.29, 0.717) is 34.1 Å². The number of halogens is 2. The second-order valence-corrected chi connectivity index (χ2v) is 9.15. The number of amides is 2. The van der Waals surface area contributed by atoms with Crippen molar-refractivity contribution in [2.75, 3.05) is 13.2 Å². The van der Waals surface area contributed by atoms with Gasteiger partial charge in [0.15, 0.2) is 11.7 Å². The van der Waals surface area contributed by atoms with Crippen molar-refractivity contribution >= 4 is 61.0 Å². The number of nitrogens with one attached hydrogen (secondary N) is 3. The second kappa shape index (κ2) is 12.0. The van der Waals surface area contributed by atoms with Gasteiger partial charge in [-0.1, -0.05) is 19.9 Å². The molecule has 0 bridgehead atoms. The molecule has 10 heteroatoms. The van der Waals surface area contributed by atoms with Gasteiger partial charge in [-0.25, -0.2) is 0 Å². The summed E-state index contributed by atoms with van der Waals surface area (Å²) in [7, 11) is 0. The third-order valence-electron chi connectivity index (χ3n) is 3.75. The summed E-state index contributed by atoms with van der Waals surface area (Å²) >= 11 is 11.8. The first kappa shape index (κ1) is 25.1. The van der Waals surface area contributed by atoms with E-state index in [2.05, 4.69) is 61.9 Å². The minimum Gasteiger partial charge on any atom is -0.492 e. The largest absolute Gasteiger partial charge is 0.492 e. The number of aryl methyl sites for hydroxylation is 1. The second-order valence-electron chi connectivity index (χ2n) is 7.03. The molecule has 31 heavy (non-hydrogen) atoms. The lowest BCUT2D eigenvalue weighted by atomic mass is 10.2. The number of hydrazine groups is 1. The predicted molar refractivity (Wildman–Crippen MR) is 130 cm³/mol. The van der Waals surface area contributed by atoms with Crippen LogP contribution >= 0.6 is 44.1 Å². The third-order valence-corrected chi connectivity index (χ3v) is 5.20. The van der Waals surface area contributed by atoms with Crippen molar-refractivity contribution in [3.8, 4) is 11.5 Å². The van der Waals surface area contributed by atoms with Gasteiger partial charge in [0.1, 0.15) is 11.5 Å². The third kappa shape index (κ3) is 8.47. The average Bonchev–Trinajstić information content (AvgIpc) is 2.70. The Labute approximate surface area is 203 Å². The molecule has 0 unspecified atom stereocenters. The van der Waals surface area contributed by atoms with Crippen molar-refractivity contribution in [3.63, 3.8) is 0 Å². The van der Waals surface area contributed by atoms with E-state index in [1.807, 2.05) is 19.1 Å². The molecule has 0 atom stereocenters. The Morgan fingerprint density at radius 3 is 2.29 bits per heavy atom. The molecule has 0 heterocycles. The molecule has 0 aliphatic rings. The molecule has 0 fully saturated rings. The molecular formula is C21H23Br2N3O4S. The van der Waals surface area contributed by atoms with E-state index in [0.717, 1.165) is 10.0 Å². The van der Waals surface area contributed by atoms with Crippen LogP contribution in [-0.2, 0) is 4.79 Å². The Hall–Kier alpha value is -2.17. The molecule has 0 aliphatic heterocycles.